The highest BCUT2D eigenvalue weighted by Gasteiger charge is 2.26. The molecule has 1 aromatic carbocycles. The molecule has 0 aliphatic heterocycles. The van der Waals surface area contributed by atoms with Gasteiger partial charge in [0, 0.05) is 62.7 Å². The van der Waals surface area contributed by atoms with Gasteiger partial charge < -0.3 is 20.4 Å². The molecule has 10 heteroatoms. The summed E-state index contributed by atoms with van der Waals surface area (Å²) in [6, 6.07) is 3.83. The van der Waals surface area contributed by atoms with E-state index in [0.717, 1.165) is 0 Å². The van der Waals surface area contributed by atoms with Gasteiger partial charge in [0.25, 0.3) is 5.91 Å². The molecule has 34 heavy (non-hydrogen) atoms. The Morgan fingerprint density at radius 1 is 0.912 bits per heavy atom. The second-order valence-corrected chi connectivity index (χ2v) is 8.87. The van der Waals surface area contributed by atoms with E-state index in [1.165, 1.54) is 23.1 Å². The average molecular weight is 477 g/mol. The minimum Gasteiger partial charge on any atom is -0.507 e. The number of benzene rings is 1. The molecule has 0 spiro atoms. The number of phenolic OH excluding ortho intramolecular Hbond substituents is 1. The zero-order valence-electron chi connectivity index (χ0n) is 19.8. The maximum Gasteiger partial charge on any atom is 0.407 e. The summed E-state index contributed by atoms with van der Waals surface area (Å²) in [6.45, 7) is 5.24. The first-order valence-electron chi connectivity index (χ1n) is 11.0. The van der Waals surface area contributed by atoms with Gasteiger partial charge in [0.2, 0.25) is 0 Å². The van der Waals surface area contributed by atoms with Crippen molar-refractivity contribution in [3.05, 3.63) is 29.3 Å². The number of Topliss-reactive ketones (excluding diaryl/α,β-unsaturated/α-hetero) is 3. The lowest BCUT2D eigenvalue weighted by Gasteiger charge is -2.32. The van der Waals surface area contributed by atoms with Crippen molar-refractivity contribution in [3.63, 3.8) is 0 Å². The molecule has 186 valence electrons. The Labute approximate surface area is 198 Å². The van der Waals surface area contributed by atoms with E-state index in [1.807, 2.05) is 0 Å². The lowest BCUT2D eigenvalue weighted by atomic mass is 10.0. The second kappa shape index (κ2) is 13.2. The van der Waals surface area contributed by atoms with Gasteiger partial charge in [-0.1, -0.05) is 0 Å². The number of carbonyl (C=O) groups excluding carboxylic acids is 5. The fourth-order valence-corrected chi connectivity index (χ4v) is 3.11. The van der Waals surface area contributed by atoms with Gasteiger partial charge in [-0.3, -0.25) is 24.0 Å². The Bertz CT molecular complexity index is 933. The predicted octanol–water partition coefficient (Wildman–Crippen LogP) is 2.76. The molecule has 0 aromatic heterocycles. The molecule has 0 aliphatic rings. The molecule has 1 aromatic rings. The lowest BCUT2D eigenvalue weighted by Crippen LogP contribution is -2.45. The molecule has 0 heterocycles. The van der Waals surface area contributed by atoms with Crippen LogP contribution in [0.2, 0.25) is 0 Å². The number of hydrogen-bond acceptors (Lipinski definition) is 7. The van der Waals surface area contributed by atoms with E-state index < -0.39 is 17.5 Å². The van der Waals surface area contributed by atoms with E-state index in [4.69, 9.17) is 0 Å². The highest BCUT2D eigenvalue weighted by Crippen LogP contribution is 2.18. The minimum atomic E-state index is -1.11. The molecule has 3 N–H and O–H groups in total. The fraction of sp³-hybridized carbons (Fsp3) is 0.500. The van der Waals surface area contributed by atoms with Gasteiger partial charge in [0.1, 0.15) is 29.4 Å². The molecule has 1 rings (SSSR count). The number of nitrogens with zero attached hydrogens (tertiary/aromatic N) is 1. The van der Waals surface area contributed by atoms with Gasteiger partial charge in [-0.2, -0.15) is 0 Å². The van der Waals surface area contributed by atoms with Gasteiger partial charge in [-0.15, -0.1) is 0 Å². The summed E-state index contributed by atoms with van der Waals surface area (Å²) in [5.74, 6) is -1.62. The first-order valence-corrected chi connectivity index (χ1v) is 11.0. The Morgan fingerprint density at radius 3 is 1.94 bits per heavy atom. The molecule has 2 amide bonds. The Balaban J connectivity index is 2.31. The van der Waals surface area contributed by atoms with Crippen LogP contribution in [-0.2, 0) is 14.4 Å². The van der Waals surface area contributed by atoms with Crippen LogP contribution in [0.5, 0.6) is 5.75 Å². The first-order chi connectivity index (χ1) is 15.8. The van der Waals surface area contributed by atoms with Gasteiger partial charge in [0.05, 0.1) is 5.56 Å². The normalized spacial score (nSPS) is 10.9. The van der Waals surface area contributed by atoms with E-state index in [9.17, 15) is 39.0 Å². The standard InChI is InChI=1S/C24H32N2O8/c1-24(2,3)26(23(33)34)13-11-19(30)8-6-17(28)5-7-18(29)10-12-25-22(32)20-14-16(15-27)4-9-21(20)31/h4,9,14-15,31H,5-8,10-13H2,1-3H3,(H,25,32)(H,33,34). The van der Waals surface area contributed by atoms with E-state index in [-0.39, 0.29) is 85.8 Å². The van der Waals surface area contributed by atoms with Gasteiger partial charge >= 0.3 is 6.09 Å². The van der Waals surface area contributed by atoms with Crippen molar-refractivity contribution in [2.24, 2.45) is 0 Å². The average Bonchev–Trinajstić information content (AvgIpc) is 2.75. The largest absolute Gasteiger partial charge is 0.507 e. The highest BCUT2D eigenvalue weighted by molar-refractivity contribution is 5.98. The maximum atomic E-state index is 12.1. The SMILES string of the molecule is CC(C)(C)N(CCC(=O)CCC(=O)CCC(=O)CCNC(=O)c1cc(C=O)ccc1O)C(=O)O. The van der Waals surface area contributed by atoms with Crippen LogP contribution in [0.4, 0.5) is 4.79 Å². The van der Waals surface area contributed by atoms with Crippen LogP contribution in [0.1, 0.15) is 80.0 Å². The summed E-state index contributed by atoms with van der Waals surface area (Å²) >= 11 is 0. The third-order valence-electron chi connectivity index (χ3n) is 5.11. The number of carbonyl (C=O) groups is 6. The molecular weight excluding hydrogens is 444 g/mol. The molecule has 0 atom stereocenters. The minimum absolute atomic E-state index is 0.00293. The molecule has 10 nitrogen and oxygen atoms in total. The van der Waals surface area contributed by atoms with Crippen molar-refractivity contribution in [2.45, 2.75) is 64.8 Å². The van der Waals surface area contributed by atoms with Crippen LogP contribution < -0.4 is 5.32 Å². The first kappa shape index (κ1) is 28.5. The summed E-state index contributed by atoms with van der Waals surface area (Å²) in [5, 5.41) is 21.4. The Morgan fingerprint density at radius 2 is 1.44 bits per heavy atom. The van der Waals surface area contributed by atoms with Crippen molar-refractivity contribution < 1.29 is 39.0 Å². The monoisotopic (exact) mass is 476 g/mol. The van der Waals surface area contributed by atoms with Gasteiger partial charge in [0.15, 0.2) is 0 Å². The topological polar surface area (TPSA) is 158 Å². The quantitative estimate of drug-likeness (QED) is 0.346. The van der Waals surface area contributed by atoms with Crippen LogP contribution in [0.15, 0.2) is 18.2 Å². The molecule has 0 saturated carbocycles. The summed E-state index contributed by atoms with van der Waals surface area (Å²) < 4.78 is 0. The number of amides is 2. The molecule has 0 bridgehead atoms. The number of rotatable bonds is 14. The zero-order chi connectivity index (χ0) is 25.9. The van der Waals surface area contributed by atoms with Crippen LogP contribution >= 0.6 is 0 Å². The van der Waals surface area contributed by atoms with Crippen LogP contribution in [0.3, 0.4) is 0 Å². The smallest absolute Gasteiger partial charge is 0.407 e. The van der Waals surface area contributed by atoms with Crippen LogP contribution in [0, 0.1) is 0 Å². The number of hydrogen-bond donors (Lipinski definition) is 3. The Hall–Kier alpha value is -3.56. The molecular formula is C24H32N2O8. The Kier molecular flexibility index (Phi) is 11.1. The van der Waals surface area contributed by atoms with Crippen molar-refractivity contribution >= 4 is 35.6 Å². The summed E-state index contributed by atoms with van der Waals surface area (Å²) in [7, 11) is 0. The predicted molar refractivity (Wildman–Crippen MR) is 123 cm³/mol. The molecule has 0 aliphatic carbocycles. The number of carboxylic acid groups (broad SMARTS) is 1. The van der Waals surface area contributed by atoms with E-state index in [2.05, 4.69) is 5.32 Å². The third-order valence-corrected chi connectivity index (χ3v) is 5.11. The van der Waals surface area contributed by atoms with Gasteiger partial charge in [-0.05, 0) is 39.0 Å². The number of aromatic hydroxyl groups is 1. The summed E-state index contributed by atoms with van der Waals surface area (Å²) in [5.41, 5.74) is -0.489. The fourth-order valence-electron chi connectivity index (χ4n) is 3.11. The van der Waals surface area contributed by atoms with Crippen molar-refractivity contribution in [1.29, 1.82) is 0 Å². The van der Waals surface area contributed by atoms with Crippen LogP contribution in [-0.4, -0.2) is 69.4 Å². The van der Waals surface area contributed by atoms with Crippen LogP contribution in [0.25, 0.3) is 0 Å². The van der Waals surface area contributed by atoms with Crippen molar-refractivity contribution in [2.75, 3.05) is 13.1 Å². The molecule has 0 unspecified atom stereocenters. The number of ketones is 3. The number of phenols is 1. The van der Waals surface area contributed by atoms with E-state index >= 15 is 0 Å². The summed E-state index contributed by atoms with van der Waals surface area (Å²) in [4.78, 5) is 71.3. The lowest BCUT2D eigenvalue weighted by molar-refractivity contribution is -0.126. The highest BCUT2D eigenvalue weighted by atomic mass is 16.4. The van der Waals surface area contributed by atoms with E-state index in [1.54, 1.807) is 20.8 Å². The molecule has 0 radical (unpaired) electrons. The summed E-state index contributed by atoms with van der Waals surface area (Å²) in [6.07, 6.45) is -0.637. The van der Waals surface area contributed by atoms with Crippen molar-refractivity contribution in [1.82, 2.24) is 10.2 Å². The molecule has 0 fully saturated rings. The third kappa shape index (κ3) is 9.93. The van der Waals surface area contributed by atoms with E-state index in [0.29, 0.717) is 6.29 Å². The van der Waals surface area contributed by atoms with Gasteiger partial charge in [-0.25, -0.2) is 4.79 Å². The number of aldehydes is 1. The number of nitrogens with one attached hydrogen (secondary N) is 1. The zero-order valence-corrected chi connectivity index (χ0v) is 19.8. The van der Waals surface area contributed by atoms with Crippen molar-refractivity contribution in [3.8, 4) is 5.75 Å². The maximum absolute atomic E-state index is 12.1. The second-order valence-electron chi connectivity index (χ2n) is 8.87. The molecule has 0 saturated heterocycles.